The first-order valence-corrected chi connectivity index (χ1v) is 9.83. The Kier molecular flexibility index (Phi) is 12.3. The lowest BCUT2D eigenvalue weighted by Crippen LogP contribution is -2.51. The highest BCUT2D eigenvalue weighted by molar-refractivity contribution is 4.79. The van der Waals surface area contributed by atoms with Crippen molar-refractivity contribution in [1.82, 2.24) is 10.2 Å². The fourth-order valence-corrected chi connectivity index (χ4v) is 3.52. The van der Waals surface area contributed by atoms with Gasteiger partial charge < -0.3 is 5.32 Å². The molecule has 1 fully saturated rings. The number of hydrogen-bond acceptors (Lipinski definition) is 2. The molecule has 1 unspecified atom stereocenters. The molecule has 0 saturated carbocycles. The highest BCUT2D eigenvalue weighted by Gasteiger charge is 2.20. The minimum Gasteiger partial charge on any atom is -0.314 e. The second-order valence-corrected chi connectivity index (χ2v) is 6.86. The molecule has 21 heavy (non-hydrogen) atoms. The van der Waals surface area contributed by atoms with Crippen molar-refractivity contribution in [2.24, 2.45) is 0 Å². The van der Waals surface area contributed by atoms with E-state index < -0.39 is 0 Å². The van der Waals surface area contributed by atoms with Crippen LogP contribution in [-0.4, -0.2) is 37.1 Å². The van der Waals surface area contributed by atoms with E-state index in [1.807, 2.05) is 0 Å². The molecule has 2 nitrogen and oxygen atoms in total. The summed E-state index contributed by atoms with van der Waals surface area (Å²) in [5, 5.41) is 3.55. The Morgan fingerprint density at radius 1 is 0.810 bits per heavy atom. The van der Waals surface area contributed by atoms with Gasteiger partial charge in [-0.2, -0.15) is 0 Å². The summed E-state index contributed by atoms with van der Waals surface area (Å²) in [5.74, 6) is 0. The molecule has 1 rings (SSSR count). The van der Waals surface area contributed by atoms with Crippen molar-refractivity contribution < 1.29 is 0 Å². The monoisotopic (exact) mass is 296 g/mol. The van der Waals surface area contributed by atoms with E-state index in [1.165, 1.54) is 103 Å². The van der Waals surface area contributed by atoms with Crippen molar-refractivity contribution in [3.05, 3.63) is 0 Å². The molecular weight excluding hydrogens is 256 g/mol. The van der Waals surface area contributed by atoms with Crippen molar-refractivity contribution in [2.45, 2.75) is 96.9 Å². The van der Waals surface area contributed by atoms with Crippen molar-refractivity contribution in [2.75, 3.05) is 26.2 Å². The molecule has 0 bridgehead atoms. The molecule has 126 valence electrons. The quantitative estimate of drug-likeness (QED) is 0.482. The molecule has 1 atom stereocenters. The van der Waals surface area contributed by atoms with Crippen LogP contribution in [-0.2, 0) is 0 Å². The van der Waals surface area contributed by atoms with E-state index in [4.69, 9.17) is 0 Å². The zero-order valence-corrected chi connectivity index (χ0v) is 14.8. The largest absolute Gasteiger partial charge is 0.314 e. The zero-order chi connectivity index (χ0) is 15.2. The molecule has 0 aromatic carbocycles. The van der Waals surface area contributed by atoms with E-state index in [2.05, 4.69) is 24.1 Å². The molecule has 0 radical (unpaired) electrons. The first-order chi connectivity index (χ1) is 10.4. The summed E-state index contributed by atoms with van der Waals surface area (Å²) < 4.78 is 0. The molecule has 0 aromatic rings. The van der Waals surface area contributed by atoms with Crippen LogP contribution in [0.15, 0.2) is 0 Å². The van der Waals surface area contributed by atoms with Gasteiger partial charge in [0.2, 0.25) is 0 Å². The van der Waals surface area contributed by atoms with E-state index in [1.54, 1.807) is 0 Å². The Labute approximate surface area is 134 Å². The highest BCUT2D eigenvalue weighted by atomic mass is 15.2. The van der Waals surface area contributed by atoms with Crippen LogP contribution in [0.4, 0.5) is 0 Å². The van der Waals surface area contributed by atoms with Gasteiger partial charge in [0, 0.05) is 25.7 Å². The number of unbranched alkanes of at least 4 members (excludes halogenated alkanes) is 9. The number of nitrogens with zero attached hydrogens (tertiary/aromatic N) is 1. The Hall–Kier alpha value is -0.0800. The van der Waals surface area contributed by atoms with Crippen LogP contribution in [0.3, 0.4) is 0 Å². The Bertz CT molecular complexity index is 216. The number of rotatable bonds is 13. The number of piperazine rings is 1. The average Bonchev–Trinajstić information content (AvgIpc) is 2.51. The lowest BCUT2D eigenvalue weighted by molar-refractivity contribution is 0.149. The van der Waals surface area contributed by atoms with Crippen molar-refractivity contribution in [3.63, 3.8) is 0 Å². The van der Waals surface area contributed by atoms with E-state index in [-0.39, 0.29) is 0 Å². The normalized spacial score (nSPS) is 20.0. The maximum Gasteiger partial charge on any atom is 0.0221 e. The maximum absolute atomic E-state index is 3.55. The van der Waals surface area contributed by atoms with E-state index in [0.29, 0.717) is 0 Å². The molecule has 1 aliphatic rings. The second-order valence-electron chi connectivity index (χ2n) is 6.86. The predicted octanol–water partition coefficient (Wildman–Crippen LogP) is 4.98. The standard InChI is InChI=1S/C19H40N2/c1-3-5-6-7-8-9-10-11-12-13-16-21-17-15-20-18-19(21)14-4-2/h19-20H,3-18H2,1-2H3. The fraction of sp³-hybridized carbons (Fsp3) is 1.00. The Morgan fingerprint density at radius 3 is 2.05 bits per heavy atom. The van der Waals surface area contributed by atoms with Crippen molar-refractivity contribution in [1.29, 1.82) is 0 Å². The van der Waals surface area contributed by atoms with Gasteiger partial charge in [-0.15, -0.1) is 0 Å². The van der Waals surface area contributed by atoms with E-state index in [0.717, 1.165) is 6.04 Å². The van der Waals surface area contributed by atoms with Crippen LogP contribution < -0.4 is 5.32 Å². The van der Waals surface area contributed by atoms with Crippen LogP contribution >= 0.6 is 0 Å². The minimum absolute atomic E-state index is 0.808. The zero-order valence-electron chi connectivity index (χ0n) is 14.8. The summed E-state index contributed by atoms with van der Waals surface area (Å²) >= 11 is 0. The summed E-state index contributed by atoms with van der Waals surface area (Å²) in [6, 6.07) is 0.808. The third-order valence-electron chi connectivity index (χ3n) is 4.89. The molecule has 1 heterocycles. The van der Waals surface area contributed by atoms with Gasteiger partial charge in [0.1, 0.15) is 0 Å². The lowest BCUT2D eigenvalue weighted by atomic mass is 10.0. The van der Waals surface area contributed by atoms with Gasteiger partial charge in [0.25, 0.3) is 0 Å². The SMILES string of the molecule is CCCCCCCCCCCCN1CCNCC1CCC. The number of nitrogens with one attached hydrogen (secondary N) is 1. The average molecular weight is 297 g/mol. The predicted molar refractivity (Wildman–Crippen MR) is 95.0 cm³/mol. The molecule has 2 heteroatoms. The second kappa shape index (κ2) is 13.6. The van der Waals surface area contributed by atoms with Gasteiger partial charge in [-0.25, -0.2) is 0 Å². The summed E-state index contributed by atoms with van der Waals surface area (Å²) in [5.41, 5.74) is 0. The van der Waals surface area contributed by atoms with Crippen LogP contribution in [0.1, 0.15) is 90.9 Å². The van der Waals surface area contributed by atoms with Gasteiger partial charge in [0.15, 0.2) is 0 Å². The summed E-state index contributed by atoms with van der Waals surface area (Å²) in [4.78, 5) is 2.74. The van der Waals surface area contributed by atoms with Gasteiger partial charge in [-0.05, 0) is 19.4 Å². The minimum atomic E-state index is 0.808. The molecule has 1 N–H and O–H groups in total. The van der Waals surface area contributed by atoms with Crippen molar-refractivity contribution in [3.8, 4) is 0 Å². The molecule has 1 saturated heterocycles. The first kappa shape index (κ1) is 19.0. The summed E-state index contributed by atoms with van der Waals surface area (Å²) in [6.45, 7) is 9.62. The first-order valence-electron chi connectivity index (χ1n) is 9.83. The van der Waals surface area contributed by atoms with Gasteiger partial charge in [-0.1, -0.05) is 78.1 Å². The molecule has 0 aliphatic carbocycles. The molecule has 0 aromatic heterocycles. The van der Waals surface area contributed by atoms with Crippen LogP contribution in [0.25, 0.3) is 0 Å². The van der Waals surface area contributed by atoms with Crippen LogP contribution in [0, 0.1) is 0 Å². The third-order valence-corrected chi connectivity index (χ3v) is 4.89. The van der Waals surface area contributed by atoms with Gasteiger partial charge >= 0.3 is 0 Å². The van der Waals surface area contributed by atoms with E-state index >= 15 is 0 Å². The summed E-state index contributed by atoms with van der Waals surface area (Å²) in [7, 11) is 0. The lowest BCUT2D eigenvalue weighted by Gasteiger charge is -2.36. The number of hydrogen-bond donors (Lipinski definition) is 1. The van der Waals surface area contributed by atoms with Crippen LogP contribution in [0.2, 0.25) is 0 Å². The molecule has 1 aliphatic heterocycles. The Balaban J connectivity index is 1.91. The molecule has 0 spiro atoms. The summed E-state index contributed by atoms with van der Waals surface area (Å²) in [6.07, 6.45) is 17.1. The molecular formula is C19H40N2. The topological polar surface area (TPSA) is 15.3 Å². The van der Waals surface area contributed by atoms with Gasteiger partial charge in [0.05, 0.1) is 0 Å². The van der Waals surface area contributed by atoms with Crippen molar-refractivity contribution >= 4 is 0 Å². The smallest absolute Gasteiger partial charge is 0.0221 e. The fourth-order valence-electron chi connectivity index (χ4n) is 3.52. The molecule has 0 amide bonds. The third kappa shape index (κ3) is 9.52. The highest BCUT2D eigenvalue weighted by Crippen LogP contribution is 2.13. The Morgan fingerprint density at radius 2 is 1.43 bits per heavy atom. The van der Waals surface area contributed by atoms with Gasteiger partial charge in [-0.3, -0.25) is 4.90 Å². The maximum atomic E-state index is 3.55. The van der Waals surface area contributed by atoms with Crippen LogP contribution in [0.5, 0.6) is 0 Å². The van der Waals surface area contributed by atoms with E-state index in [9.17, 15) is 0 Å².